The maximum Gasteiger partial charge on any atom is 0.270 e. The van der Waals surface area contributed by atoms with Gasteiger partial charge in [-0.25, -0.2) is 0 Å². The van der Waals surface area contributed by atoms with Gasteiger partial charge in [-0.1, -0.05) is 0 Å². The maximum atomic E-state index is 12.0. The molecule has 1 aliphatic heterocycles. The number of carbonyl (C=O) groups excluding carboxylic acids is 2. The molecule has 1 fully saturated rings. The van der Waals surface area contributed by atoms with Gasteiger partial charge in [0.2, 0.25) is 11.8 Å². The second-order valence-corrected chi connectivity index (χ2v) is 5.30. The molecule has 2 rings (SSSR count). The summed E-state index contributed by atoms with van der Waals surface area (Å²) in [6.07, 6.45) is 0.835. The first-order chi connectivity index (χ1) is 9.47. The first kappa shape index (κ1) is 14.4. The van der Waals surface area contributed by atoms with Crippen molar-refractivity contribution in [3.05, 3.63) is 32.8 Å². The summed E-state index contributed by atoms with van der Waals surface area (Å²) >= 11 is 3.19. The van der Waals surface area contributed by atoms with Crippen molar-refractivity contribution in [2.24, 2.45) is 5.92 Å². The predicted octanol–water partition coefficient (Wildman–Crippen LogP) is 1.82. The number of piperidine rings is 1. The fourth-order valence-electron chi connectivity index (χ4n) is 1.91. The van der Waals surface area contributed by atoms with Crippen molar-refractivity contribution in [1.29, 1.82) is 0 Å². The molecule has 106 valence electrons. The van der Waals surface area contributed by atoms with Crippen LogP contribution in [0.4, 0.5) is 11.4 Å². The molecule has 1 aromatic carbocycles. The number of hydrogen-bond donors (Lipinski definition) is 2. The number of rotatable bonds is 3. The first-order valence-electron chi connectivity index (χ1n) is 5.99. The molecule has 0 bridgehead atoms. The second kappa shape index (κ2) is 6.00. The van der Waals surface area contributed by atoms with Crippen LogP contribution in [0.5, 0.6) is 0 Å². The lowest BCUT2D eigenvalue weighted by molar-refractivity contribution is -0.384. The predicted molar refractivity (Wildman–Crippen MR) is 75.2 cm³/mol. The summed E-state index contributed by atoms with van der Waals surface area (Å²) in [5.74, 6) is -0.542. The highest BCUT2D eigenvalue weighted by atomic mass is 79.9. The number of nitro benzene ring substituents is 1. The Kier molecular flexibility index (Phi) is 4.33. The fourth-order valence-corrected chi connectivity index (χ4v) is 2.38. The number of anilines is 1. The lowest BCUT2D eigenvalue weighted by Crippen LogP contribution is -2.40. The van der Waals surface area contributed by atoms with E-state index in [1.165, 1.54) is 18.2 Å². The summed E-state index contributed by atoms with van der Waals surface area (Å²) in [6.45, 7) is 0.315. The molecule has 1 heterocycles. The van der Waals surface area contributed by atoms with Gasteiger partial charge < -0.3 is 10.6 Å². The second-order valence-electron chi connectivity index (χ2n) is 4.45. The zero-order valence-electron chi connectivity index (χ0n) is 10.4. The number of benzene rings is 1. The van der Waals surface area contributed by atoms with Crippen molar-refractivity contribution in [1.82, 2.24) is 5.32 Å². The lowest BCUT2D eigenvalue weighted by Gasteiger charge is -2.21. The fraction of sp³-hybridized carbons (Fsp3) is 0.333. The van der Waals surface area contributed by atoms with Gasteiger partial charge in [-0.3, -0.25) is 19.7 Å². The van der Waals surface area contributed by atoms with Crippen LogP contribution in [0.2, 0.25) is 0 Å². The van der Waals surface area contributed by atoms with Gasteiger partial charge >= 0.3 is 0 Å². The Hall–Kier alpha value is -1.96. The van der Waals surface area contributed by atoms with Crippen LogP contribution in [0.15, 0.2) is 22.7 Å². The molecule has 1 atom stereocenters. The monoisotopic (exact) mass is 341 g/mol. The quantitative estimate of drug-likeness (QED) is 0.646. The van der Waals surface area contributed by atoms with Gasteiger partial charge in [0, 0.05) is 29.6 Å². The molecule has 0 aliphatic carbocycles. The average molecular weight is 342 g/mol. The summed E-state index contributed by atoms with van der Waals surface area (Å²) in [6, 6.07) is 4.13. The summed E-state index contributed by atoms with van der Waals surface area (Å²) in [5, 5.41) is 16.0. The standard InChI is InChI=1S/C12H12BrN3O4/c13-9-5-8(16(19)20)2-3-10(9)15-12(18)7-1-4-11(17)14-6-7/h2-3,5,7H,1,4,6H2,(H,14,17)(H,15,18). The molecule has 0 saturated carbocycles. The van der Waals surface area contributed by atoms with Gasteiger partial charge in [-0.2, -0.15) is 0 Å². The minimum absolute atomic E-state index is 0.0504. The van der Waals surface area contributed by atoms with E-state index in [4.69, 9.17) is 0 Å². The molecule has 0 spiro atoms. The van der Waals surface area contributed by atoms with Crippen LogP contribution < -0.4 is 10.6 Å². The van der Waals surface area contributed by atoms with E-state index in [1.807, 2.05) is 0 Å². The molecular formula is C12H12BrN3O4. The van der Waals surface area contributed by atoms with E-state index in [0.717, 1.165) is 0 Å². The van der Waals surface area contributed by atoms with E-state index in [9.17, 15) is 19.7 Å². The third-order valence-electron chi connectivity index (χ3n) is 3.06. The zero-order chi connectivity index (χ0) is 14.7. The Morgan fingerprint density at radius 2 is 2.25 bits per heavy atom. The summed E-state index contributed by atoms with van der Waals surface area (Å²) < 4.78 is 0.444. The van der Waals surface area contributed by atoms with Crippen molar-refractivity contribution in [2.75, 3.05) is 11.9 Å². The Labute approximate surface area is 123 Å². The third-order valence-corrected chi connectivity index (χ3v) is 3.71. The molecule has 20 heavy (non-hydrogen) atoms. The minimum atomic E-state index is -0.507. The molecular weight excluding hydrogens is 330 g/mol. The Bertz CT molecular complexity index is 566. The van der Waals surface area contributed by atoms with Crippen molar-refractivity contribution < 1.29 is 14.5 Å². The van der Waals surface area contributed by atoms with E-state index < -0.39 is 4.92 Å². The lowest BCUT2D eigenvalue weighted by atomic mass is 9.98. The van der Waals surface area contributed by atoms with E-state index in [2.05, 4.69) is 26.6 Å². The third kappa shape index (κ3) is 3.32. The smallest absolute Gasteiger partial charge is 0.270 e. The van der Waals surface area contributed by atoms with Crippen LogP contribution in [0.3, 0.4) is 0 Å². The SMILES string of the molecule is O=C1CCC(C(=O)Nc2ccc([N+](=O)[O-])cc2Br)CN1. The van der Waals surface area contributed by atoms with Crippen molar-refractivity contribution in [3.8, 4) is 0 Å². The van der Waals surface area contributed by atoms with Crippen LogP contribution in [0, 0.1) is 16.0 Å². The highest BCUT2D eigenvalue weighted by Crippen LogP contribution is 2.27. The molecule has 0 aromatic heterocycles. The van der Waals surface area contributed by atoms with Crippen LogP contribution >= 0.6 is 15.9 Å². The molecule has 8 heteroatoms. The molecule has 7 nitrogen and oxygen atoms in total. The Morgan fingerprint density at radius 1 is 1.50 bits per heavy atom. The van der Waals surface area contributed by atoms with Gasteiger partial charge in [0.05, 0.1) is 16.5 Å². The van der Waals surface area contributed by atoms with Gasteiger partial charge in [0.25, 0.3) is 5.69 Å². The summed E-state index contributed by atoms with van der Waals surface area (Å²) in [5.41, 5.74) is 0.414. The molecule has 2 N–H and O–H groups in total. The molecule has 1 unspecified atom stereocenters. The van der Waals surface area contributed by atoms with Crippen LogP contribution in [-0.2, 0) is 9.59 Å². The molecule has 1 aromatic rings. The number of nitrogens with one attached hydrogen (secondary N) is 2. The number of carbonyl (C=O) groups is 2. The van der Waals surface area contributed by atoms with Gasteiger partial charge in [-0.15, -0.1) is 0 Å². The topological polar surface area (TPSA) is 101 Å². The number of amides is 2. The minimum Gasteiger partial charge on any atom is -0.355 e. The van der Waals surface area contributed by atoms with Gasteiger partial charge in [-0.05, 0) is 28.4 Å². The van der Waals surface area contributed by atoms with Crippen LogP contribution in [0.1, 0.15) is 12.8 Å². The average Bonchev–Trinajstić information content (AvgIpc) is 2.41. The van der Waals surface area contributed by atoms with Crippen molar-refractivity contribution in [3.63, 3.8) is 0 Å². The number of nitro groups is 1. The van der Waals surface area contributed by atoms with E-state index in [1.54, 1.807) is 0 Å². The molecule has 0 radical (unpaired) electrons. The van der Waals surface area contributed by atoms with Crippen LogP contribution in [0.25, 0.3) is 0 Å². The largest absolute Gasteiger partial charge is 0.355 e. The van der Waals surface area contributed by atoms with Gasteiger partial charge in [0.15, 0.2) is 0 Å². The van der Waals surface area contributed by atoms with E-state index >= 15 is 0 Å². The summed E-state index contributed by atoms with van der Waals surface area (Å²) in [4.78, 5) is 33.2. The number of hydrogen-bond acceptors (Lipinski definition) is 4. The Morgan fingerprint density at radius 3 is 2.80 bits per heavy atom. The molecule has 1 saturated heterocycles. The maximum absolute atomic E-state index is 12.0. The van der Waals surface area contributed by atoms with E-state index in [0.29, 0.717) is 29.5 Å². The number of halogens is 1. The highest BCUT2D eigenvalue weighted by Gasteiger charge is 2.25. The van der Waals surface area contributed by atoms with Gasteiger partial charge in [0.1, 0.15) is 0 Å². The molecule has 2 amide bonds. The van der Waals surface area contributed by atoms with Crippen molar-refractivity contribution in [2.45, 2.75) is 12.8 Å². The molecule has 1 aliphatic rings. The number of nitrogens with zero attached hydrogens (tertiary/aromatic N) is 1. The summed E-state index contributed by atoms with van der Waals surface area (Å²) in [7, 11) is 0. The van der Waals surface area contributed by atoms with E-state index in [-0.39, 0.29) is 23.4 Å². The van der Waals surface area contributed by atoms with Crippen LogP contribution in [-0.4, -0.2) is 23.3 Å². The normalized spacial score (nSPS) is 18.2. The highest BCUT2D eigenvalue weighted by molar-refractivity contribution is 9.10. The Balaban J connectivity index is 2.04. The zero-order valence-corrected chi connectivity index (χ0v) is 12.0. The first-order valence-corrected chi connectivity index (χ1v) is 6.78. The van der Waals surface area contributed by atoms with Crippen molar-refractivity contribution >= 4 is 39.1 Å². The number of non-ortho nitro benzene ring substituents is 1.